The fourth-order valence-electron chi connectivity index (χ4n) is 1.96. The zero-order valence-corrected chi connectivity index (χ0v) is 18.1. The van der Waals surface area contributed by atoms with Crippen LogP contribution in [0.2, 0.25) is 0 Å². The van der Waals surface area contributed by atoms with Crippen molar-refractivity contribution in [3.63, 3.8) is 0 Å². The summed E-state index contributed by atoms with van der Waals surface area (Å²) in [7, 11) is 0. The van der Waals surface area contributed by atoms with Gasteiger partial charge in [0.2, 0.25) is 0 Å². The molecule has 0 heterocycles. The van der Waals surface area contributed by atoms with Crippen molar-refractivity contribution >= 4 is 29.5 Å². The largest absolute Gasteiger partial charge is 3.00 e. The number of nitrogens with two attached hydrogens (primary N) is 1. The third-order valence-corrected chi connectivity index (χ3v) is 3.18. The number of hydrogen-bond acceptors (Lipinski definition) is 2. The van der Waals surface area contributed by atoms with Crippen molar-refractivity contribution in [2.24, 2.45) is 5.73 Å². The molecule has 1 aliphatic carbocycles. The van der Waals surface area contributed by atoms with Crippen molar-refractivity contribution in [2.75, 3.05) is 6.54 Å². The number of aliphatic hydroxyl groups excluding tert-OH is 1. The van der Waals surface area contributed by atoms with Crippen LogP contribution >= 0.6 is 0 Å². The molecule has 6 heteroatoms. The molecule has 0 atom stereocenters. The Morgan fingerprint density at radius 1 is 0.920 bits per heavy atom. The van der Waals surface area contributed by atoms with Gasteiger partial charge >= 0.3 is 17.4 Å². The van der Waals surface area contributed by atoms with Crippen LogP contribution in [0.15, 0.2) is 50.1 Å². The first kappa shape index (κ1) is 35.8. The fraction of sp³-hybridized carbons (Fsp3) is 0.368. The van der Waals surface area contributed by atoms with Gasteiger partial charge in [-0.3, -0.25) is 0 Å². The molecule has 1 aromatic carbocycles. The summed E-state index contributed by atoms with van der Waals surface area (Å²) in [5, 5.41) is 8.91. The number of halogens is 3. The second-order valence-corrected chi connectivity index (χ2v) is 4.85. The molecule has 0 aliphatic heterocycles. The predicted molar refractivity (Wildman–Crippen MR) is 101 cm³/mol. The van der Waals surface area contributed by atoms with Crippen LogP contribution in [0.1, 0.15) is 43.2 Å². The molecule has 1 aromatic rings. The van der Waals surface area contributed by atoms with Crippen molar-refractivity contribution < 1.29 is 42.3 Å². The molecule has 1 saturated carbocycles. The summed E-state index contributed by atoms with van der Waals surface area (Å²) in [5.74, 6) is 0. The third kappa shape index (κ3) is 19.9. The van der Waals surface area contributed by atoms with Gasteiger partial charge in [-0.05, 0) is 24.0 Å². The Morgan fingerprint density at radius 2 is 1.28 bits per heavy atom. The van der Waals surface area contributed by atoms with Gasteiger partial charge in [0.05, 0.1) is 6.10 Å². The first-order valence-corrected chi connectivity index (χ1v) is 7.52. The van der Waals surface area contributed by atoms with E-state index in [-0.39, 0.29) is 60.7 Å². The molecule has 0 amide bonds. The van der Waals surface area contributed by atoms with Gasteiger partial charge in [0.15, 0.2) is 0 Å². The van der Waals surface area contributed by atoms with Gasteiger partial charge in [0, 0.05) is 6.54 Å². The van der Waals surface area contributed by atoms with Crippen LogP contribution in [0.3, 0.4) is 0 Å². The van der Waals surface area contributed by atoms with E-state index < -0.39 is 0 Å². The summed E-state index contributed by atoms with van der Waals surface area (Å²) in [6.45, 7) is 11.3. The minimum absolute atomic E-state index is 0. The van der Waals surface area contributed by atoms with Gasteiger partial charge in [-0.2, -0.15) is 0 Å². The normalized spacial score (nSPS) is 11.6. The van der Waals surface area contributed by atoms with Crippen molar-refractivity contribution in [1.82, 2.24) is 0 Å². The molecule has 0 aromatic heterocycles. The predicted octanol–water partition coefficient (Wildman–Crippen LogP) is -4.95. The van der Waals surface area contributed by atoms with Crippen LogP contribution in [-0.4, -0.2) is 35.1 Å². The van der Waals surface area contributed by atoms with Gasteiger partial charge in [-0.1, -0.05) is 74.9 Å². The summed E-state index contributed by atoms with van der Waals surface area (Å²) >= 11 is 0. The van der Waals surface area contributed by atoms with Crippen molar-refractivity contribution in [3.8, 4) is 0 Å². The molecule has 2 nitrogen and oxygen atoms in total. The average molecular weight is 421 g/mol. The number of hydrogen-bond donors (Lipinski definition) is 2. The van der Waals surface area contributed by atoms with Crippen LogP contribution in [0.4, 0.5) is 0 Å². The zero-order chi connectivity index (χ0) is 15.9. The second-order valence-electron chi connectivity index (χ2n) is 4.85. The van der Waals surface area contributed by atoms with E-state index in [1.165, 1.54) is 19.3 Å². The van der Waals surface area contributed by atoms with E-state index >= 15 is 0 Å². The minimum atomic E-state index is 0. The third-order valence-electron chi connectivity index (χ3n) is 3.18. The van der Waals surface area contributed by atoms with Gasteiger partial charge in [-0.15, -0.1) is 6.58 Å². The van der Waals surface area contributed by atoms with Gasteiger partial charge in [0.25, 0.3) is 0 Å². The maximum absolute atomic E-state index is 8.91. The summed E-state index contributed by atoms with van der Waals surface area (Å²) in [4.78, 5) is 0. The van der Waals surface area contributed by atoms with Gasteiger partial charge in [0.1, 0.15) is 0 Å². The Morgan fingerprint density at radius 3 is 1.48 bits per heavy atom. The van der Waals surface area contributed by atoms with Gasteiger partial charge < -0.3 is 48.1 Å². The number of benzene rings is 1. The van der Waals surface area contributed by atoms with E-state index in [4.69, 9.17) is 10.8 Å². The first-order valence-electron chi connectivity index (χ1n) is 7.52. The molecule has 2 rings (SSSR count). The minimum Gasteiger partial charge on any atom is -1.00 e. The van der Waals surface area contributed by atoms with Crippen LogP contribution in [0.25, 0.3) is 12.2 Å². The van der Waals surface area contributed by atoms with E-state index in [0.29, 0.717) is 6.54 Å². The Hall–Kier alpha value is -0.238. The summed E-state index contributed by atoms with van der Waals surface area (Å²) in [5.41, 5.74) is 7.18. The van der Waals surface area contributed by atoms with E-state index in [9.17, 15) is 0 Å². The Kier molecular flexibility index (Phi) is 37.2. The summed E-state index contributed by atoms with van der Waals surface area (Å²) < 4.78 is 0. The zero-order valence-electron chi connectivity index (χ0n) is 14.7. The molecule has 0 bridgehead atoms. The monoisotopic (exact) mass is 419 g/mol. The van der Waals surface area contributed by atoms with Crippen molar-refractivity contribution in [2.45, 2.75) is 38.2 Å². The quantitative estimate of drug-likeness (QED) is 0.380. The standard InChI is InChI=1S/C10H10.C6H12O.C3H7N.Al.3ClH/c1-3-9-7-5-6-8-10(9)4-2;7-6-4-2-1-3-5-6;1-2-3-4;;;;/h3-8H,1-2H2;6-7H,1-5H2;2H,1,3-4H2;;3*1H/q;;;+3;;;/p-3. The molecular formula is C19H29AlCl3NO. The Labute approximate surface area is 183 Å². The van der Waals surface area contributed by atoms with Crippen LogP contribution in [0.5, 0.6) is 0 Å². The van der Waals surface area contributed by atoms with Crippen molar-refractivity contribution in [3.05, 3.63) is 61.2 Å². The molecule has 25 heavy (non-hydrogen) atoms. The Balaban J connectivity index is -0.0000000799. The molecule has 1 aliphatic rings. The topological polar surface area (TPSA) is 46.2 Å². The molecule has 0 unspecified atom stereocenters. The fourth-order valence-corrected chi connectivity index (χ4v) is 1.96. The molecular weight excluding hydrogens is 392 g/mol. The average Bonchev–Trinajstić information content (AvgIpc) is 2.56. The molecule has 0 spiro atoms. The molecule has 0 radical (unpaired) electrons. The SMILES string of the molecule is C=CCN.C=Cc1ccccc1C=C.OC1CCCCC1.[Al+3].[Cl-].[Cl-].[Cl-]. The van der Waals surface area contributed by atoms with Crippen LogP contribution in [-0.2, 0) is 0 Å². The molecule has 140 valence electrons. The molecule has 3 N–H and O–H groups in total. The van der Waals surface area contributed by atoms with E-state index in [2.05, 4.69) is 19.7 Å². The first-order chi connectivity index (χ1) is 10.2. The second kappa shape index (κ2) is 26.0. The van der Waals surface area contributed by atoms with Crippen molar-refractivity contribution in [1.29, 1.82) is 0 Å². The number of aliphatic hydroxyl groups is 1. The van der Waals surface area contributed by atoms with Crippen LogP contribution < -0.4 is 43.0 Å². The van der Waals surface area contributed by atoms with E-state index in [1.807, 2.05) is 36.4 Å². The van der Waals surface area contributed by atoms with Crippen LogP contribution in [0, 0.1) is 0 Å². The van der Waals surface area contributed by atoms with E-state index in [1.54, 1.807) is 6.08 Å². The molecule has 1 fully saturated rings. The summed E-state index contributed by atoms with van der Waals surface area (Å²) in [6, 6.07) is 8.02. The number of rotatable bonds is 3. The smallest absolute Gasteiger partial charge is 1.00 e. The van der Waals surface area contributed by atoms with E-state index in [0.717, 1.165) is 24.0 Å². The van der Waals surface area contributed by atoms with Gasteiger partial charge in [-0.25, -0.2) is 0 Å². The summed E-state index contributed by atoms with van der Waals surface area (Å²) in [6.07, 6.45) is 11.2. The molecule has 0 saturated heterocycles. The Bertz CT molecular complexity index is 398. The maximum atomic E-state index is 8.91. The maximum Gasteiger partial charge on any atom is 3.00 e.